The van der Waals surface area contributed by atoms with Crippen molar-refractivity contribution in [3.05, 3.63) is 141 Å². The predicted octanol–water partition coefficient (Wildman–Crippen LogP) is 3.98. The zero-order valence-electron chi connectivity index (χ0n) is 22.5. The van der Waals surface area contributed by atoms with Crippen molar-refractivity contribution < 1.29 is 24.4 Å². The second-order valence-corrected chi connectivity index (χ2v) is 10.8. The van der Waals surface area contributed by atoms with Gasteiger partial charge in [0, 0.05) is 18.2 Å². The van der Waals surface area contributed by atoms with Crippen LogP contribution in [-0.4, -0.2) is 34.0 Å². The van der Waals surface area contributed by atoms with E-state index >= 15 is 0 Å². The molecule has 0 spiro atoms. The second-order valence-electron chi connectivity index (χ2n) is 10.8. The van der Waals surface area contributed by atoms with Gasteiger partial charge in [0.1, 0.15) is 5.69 Å². The smallest absolute Gasteiger partial charge is 0.293 e. The van der Waals surface area contributed by atoms with Crippen LogP contribution in [0.25, 0.3) is 0 Å². The number of aliphatic hydroxyl groups is 1. The number of amides is 3. The van der Waals surface area contributed by atoms with Gasteiger partial charge in [-0.3, -0.25) is 24.5 Å². The predicted molar refractivity (Wildman–Crippen MR) is 156 cm³/mol. The fourth-order valence-electron chi connectivity index (χ4n) is 7.14. The Bertz CT molecular complexity index is 1810. The maximum absolute atomic E-state index is 14.4. The van der Waals surface area contributed by atoms with E-state index in [2.05, 4.69) is 10.5 Å². The van der Waals surface area contributed by atoms with Gasteiger partial charge in [0.25, 0.3) is 11.6 Å². The summed E-state index contributed by atoms with van der Waals surface area (Å²) in [5, 5.41) is 26.8. The van der Waals surface area contributed by atoms with Gasteiger partial charge < -0.3 is 5.11 Å². The molecule has 4 aliphatic rings. The Labute approximate surface area is 245 Å². The fourth-order valence-corrected chi connectivity index (χ4v) is 7.14. The molecule has 3 aliphatic carbocycles. The summed E-state index contributed by atoms with van der Waals surface area (Å²) in [6.45, 7) is 0. The van der Waals surface area contributed by atoms with Crippen LogP contribution in [0, 0.1) is 22.0 Å². The number of nitro groups is 1. The maximum Gasteiger partial charge on any atom is 0.293 e. The quantitative estimate of drug-likeness (QED) is 0.155. The fraction of sp³-hybridized carbons (Fsp3) is 0.152. The highest BCUT2D eigenvalue weighted by molar-refractivity contribution is 6.25. The van der Waals surface area contributed by atoms with Gasteiger partial charge in [0.2, 0.25) is 11.8 Å². The van der Waals surface area contributed by atoms with Gasteiger partial charge in [-0.1, -0.05) is 91.0 Å². The third-order valence-electron chi connectivity index (χ3n) is 8.81. The summed E-state index contributed by atoms with van der Waals surface area (Å²) in [7, 11) is 0. The Hall–Kier alpha value is -5.48. The average Bonchev–Trinajstić information content (AvgIpc) is 3.31. The van der Waals surface area contributed by atoms with Crippen LogP contribution < -0.4 is 10.3 Å². The molecule has 10 nitrogen and oxygen atoms in total. The molecular formula is C33H24N4O6. The highest BCUT2D eigenvalue weighted by Crippen LogP contribution is 2.63. The van der Waals surface area contributed by atoms with Crippen LogP contribution in [0.2, 0.25) is 0 Å². The molecule has 1 heterocycles. The number of para-hydroxylation sites is 2. The molecule has 3 amide bonds. The number of hydrogen-bond acceptors (Lipinski definition) is 7. The Kier molecular flexibility index (Phi) is 6.03. The zero-order valence-corrected chi connectivity index (χ0v) is 22.5. The largest absolute Gasteiger partial charge is 0.378 e. The topological polar surface area (TPSA) is 142 Å². The van der Waals surface area contributed by atoms with Gasteiger partial charge in [0.15, 0.2) is 6.10 Å². The van der Waals surface area contributed by atoms with Crippen LogP contribution in [0.5, 0.6) is 0 Å². The van der Waals surface area contributed by atoms with Gasteiger partial charge >= 0.3 is 0 Å². The highest BCUT2D eigenvalue weighted by Gasteiger charge is 2.68. The monoisotopic (exact) mass is 572 g/mol. The number of nitro benzene ring substituents is 1. The lowest BCUT2D eigenvalue weighted by atomic mass is 9.47. The number of nitrogens with zero attached hydrogens (tertiary/aromatic N) is 3. The summed E-state index contributed by atoms with van der Waals surface area (Å²) in [5.41, 5.74) is 4.28. The number of anilines is 1. The van der Waals surface area contributed by atoms with Crippen LogP contribution >= 0.6 is 0 Å². The molecule has 1 fully saturated rings. The minimum Gasteiger partial charge on any atom is -0.378 e. The van der Waals surface area contributed by atoms with Gasteiger partial charge in [-0.25, -0.2) is 10.3 Å². The maximum atomic E-state index is 14.4. The van der Waals surface area contributed by atoms with E-state index in [1.807, 2.05) is 48.5 Å². The summed E-state index contributed by atoms with van der Waals surface area (Å²) < 4.78 is 0. The first-order valence-electron chi connectivity index (χ1n) is 13.7. The molecule has 2 N–H and O–H groups in total. The first-order chi connectivity index (χ1) is 20.9. The van der Waals surface area contributed by atoms with E-state index in [4.69, 9.17) is 0 Å². The van der Waals surface area contributed by atoms with E-state index < -0.39 is 51.9 Å². The molecule has 0 unspecified atom stereocenters. The standard InChI is InChI=1S/C33H24N4O6/c38-29(19-10-2-1-3-11-19)30(39)35-34-18-33-22-14-6-4-12-20(22)26(21-13-5-7-15-23(21)33)27-28(33)32(41)36(31(27)40)24-16-8-9-17-25(24)37(42)43/h1-18,26-29,38H,(H,35,39)/b34-18-/t26?,27-,28+,29-,33?/m0/s1. The molecular weight excluding hydrogens is 548 g/mol. The molecule has 1 aliphatic heterocycles. The zero-order chi connectivity index (χ0) is 29.9. The lowest BCUT2D eigenvalue weighted by Gasteiger charge is -2.52. The van der Waals surface area contributed by atoms with Crippen molar-refractivity contribution in [2.24, 2.45) is 16.9 Å². The Morgan fingerprint density at radius 3 is 2.12 bits per heavy atom. The summed E-state index contributed by atoms with van der Waals surface area (Å²) >= 11 is 0. The van der Waals surface area contributed by atoms with E-state index in [1.165, 1.54) is 24.4 Å². The molecule has 0 radical (unpaired) electrons. The van der Waals surface area contributed by atoms with Crippen molar-refractivity contribution in [1.82, 2.24) is 5.43 Å². The number of hydrazone groups is 1. The van der Waals surface area contributed by atoms with Gasteiger partial charge in [-0.2, -0.15) is 5.10 Å². The van der Waals surface area contributed by atoms with Crippen LogP contribution in [-0.2, 0) is 19.8 Å². The number of hydrogen-bond donors (Lipinski definition) is 2. The SMILES string of the molecule is O=C(N/N=C\C12c3ccccc3C(c3ccccc31)[C@@H]1C(=O)N(c3ccccc3[N+](=O)[O-])C(=O)[C@@H]12)[C@@H](O)c1ccccc1. The molecule has 3 atom stereocenters. The lowest BCUT2D eigenvalue weighted by Crippen LogP contribution is -2.54. The molecule has 4 aromatic carbocycles. The summed E-state index contributed by atoms with van der Waals surface area (Å²) in [4.78, 5) is 53.8. The number of rotatable bonds is 6. The molecule has 4 aromatic rings. The summed E-state index contributed by atoms with van der Waals surface area (Å²) in [6, 6.07) is 29.1. The Morgan fingerprint density at radius 1 is 0.884 bits per heavy atom. The number of carbonyl (C=O) groups is 3. The third kappa shape index (κ3) is 3.70. The van der Waals surface area contributed by atoms with Crippen molar-refractivity contribution >= 4 is 35.3 Å². The van der Waals surface area contributed by atoms with Crippen LogP contribution in [0.3, 0.4) is 0 Å². The molecule has 212 valence electrons. The van der Waals surface area contributed by atoms with E-state index in [1.54, 1.807) is 36.4 Å². The van der Waals surface area contributed by atoms with E-state index in [9.17, 15) is 29.6 Å². The Morgan fingerprint density at radius 2 is 1.47 bits per heavy atom. The van der Waals surface area contributed by atoms with Crippen molar-refractivity contribution in [3.63, 3.8) is 0 Å². The van der Waals surface area contributed by atoms with E-state index in [-0.39, 0.29) is 11.4 Å². The average molecular weight is 573 g/mol. The molecule has 0 aromatic heterocycles. The van der Waals surface area contributed by atoms with Crippen LogP contribution in [0.4, 0.5) is 11.4 Å². The van der Waals surface area contributed by atoms with Crippen molar-refractivity contribution in [3.8, 4) is 0 Å². The van der Waals surface area contributed by atoms with E-state index in [0.717, 1.165) is 27.2 Å². The Balaban J connectivity index is 1.38. The third-order valence-corrected chi connectivity index (χ3v) is 8.81. The van der Waals surface area contributed by atoms with Gasteiger partial charge in [-0.05, 0) is 33.9 Å². The molecule has 2 bridgehead atoms. The van der Waals surface area contributed by atoms with E-state index in [0.29, 0.717) is 5.56 Å². The first kappa shape index (κ1) is 26.4. The van der Waals surface area contributed by atoms with Crippen molar-refractivity contribution in [2.45, 2.75) is 17.4 Å². The van der Waals surface area contributed by atoms with Crippen LogP contribution in [0.1, 0.15) is 39.8 Å². The molecule has 0 saturated carbocycles. The van der Waals surface area contributed by atoms with Gasteiger partial charge in [0.05, 0.1) is 22.2 Å². The summed E-state index contributed by atoms with van der Waals surface area (Å²) in [6.07, 6.45) is -0.00408. The number of aliphatic hydroxyl groups excluding tert-OH is 1. The van der Waals surface area contributed by atoms with Crippen LogP contribution in [0.15, 0.2) is 108 Å². The lowest BCUT2D eigenvalue weighted by molar-refractivity contribution is -0.384. The summed E-state index contributed by atoms with van der Waals surface area (Å²) in [5.74, 6) is -4.20. The normalized spacial score (nSPS) is 23.9. The molecule has 10 heteroatoms. The second kappa shape index (κ2) is 9.81. The molecule has 1 saturated heterocycles. The highest BCUT2D eigenvalue weighted by atomic mass is 16.6. The molecule has 8 rings (SSSR count). The molecule has 43 heavy (non-hydrogen) atoms. The first-order valence-corrected chi connectivity index (χ1v) is 13.7. The number of imide groups is 1. The van der Waals surface area contributed by atoms with Crippen molar-refractivity contribution in [1.29, 1.82) is 0 Å². The minimum atomic E-state index is -1.48. The number of benzene rings is 4. The van der Waals surface area contributed by atoms with Crippen molar-refractivity contribution in [2.75, 3.05) is 4.90 Å². The van der Waals surface area contributed by atoms with Gasteiger partial charge in [-0.15, -0.1) is 0 Å². The number of carbonyl (C=O) groups excluding carboxylic acids is 3. The minimum absolute atomic E-state index is 0.0872. The number of nitrogens with one attached hydrogen (secondary N) is 1.